The highest BCUT2D eigenvalue weighted by atomic mass is 16.6. The molecule has 1 heterocycles. The summed E-state index contributed by atoms with van der Waals surface area (Å²) >= 11 is 0. The molecule has 0 amide bonds. The van der Waals surface area contributed by atoms with Gasteiger partial charge in [0.2, 0.25) is 5.90 Å². The lowest BCUT2D eigenvalue weighted by Crippen LogP contribution is -2.06. The summed E-state index contributed by atoms with van der Waals surface area (Å²) in [6, 6.07) is 14.6. The zero-order chi connectivity index (χ0) is 16.2. The summed E-state index contributed by atoms with van der Waals surface area (Å²) in [5.74, 6) is 1.11. The molecule has 0 spiro atoms. The van der Waals surface area contributed by atoms with Gasteiger partial charge in [-0.05, 0) is 35.9 Å². The van der Waals surface area contributed by atoms with E-state index in [0.717, 1.165) is 11.3 Å². The molecule has 0 saturated carbocycles. The van der Waals surface area contributed by atoms with Crippen LogP contribution in [0.1, 0.15) is 11.1 Å². The average Bonchev–Trinajstić information content (AvgIpc) is 2.96. The number of para-hydroxylation sites is 1. The monoisotopic (exact) mass is 309 g/mol. The molecule has 2 aromatic rings. The van der Waals surface area contributed by atoms with Crippen LogP contribution in [0.15, 0.2) is 59.2 Å². The molecular weight excluding hydrogens is 294 g/mol. The van der Waals surface area contributed by atoms with Crippen LogP contribution in [0, 0.1) is 0 Å². The van der Waals surface area contributed by atoms with Gasteiger partial charge in [-0.3, -0.25) is 0 Å². The van der Waals surface area contributed by atoms with Crippen molar-refractivity contribution in [3.63, 3.8) is 0 Å². The molecule has 23 heavy (non-hydrogen) atoms. The summed E-state index contributed by atoms with van der Waals surface area (Å²) in [6.07, 6.45) is 1.67. The van der Waals surface area contributed by atoms with Gasteiger partial charge in [-0.2, -0.15) is 0 Å². The normalized spacial score (nSPS) is 15.3. The number of hydrogen-bond donors (Lipinski definition) is 0. The Balaban J connectivity index is 1.93. The largest absolute Gasteiger partial charge is 0.497 e. The minimum atomic E-state index is -0.485. The van der Waals surface area contributed by atoms with Crippen molar-refractivity contribution in [2.24, 2.45) is 4.99 Å². The van der Waals surface area contributed by atoms with Crippen molar-refractivity contribution in [2.45, 2.75) is 0 Å². The van der Waals surface area contributed by atoms with Crippen molar-refractivity contribution in [1.82, 2.24) is 0 Å². The van der Waals surface area contributed by atoms with E-state index in [9.17, 15) is 4.79 Å². The summed E-state index contributed by atoms with van der Waals surface area (Å²) in [6.45, 7) is 0. The molecular formula is C18H15NO4. The zero-order valence-corrected chi connectivity index (χ0v) is 12.8. The van der Waals surface area contributed by atoms with Crippen LogP contribution in [0.3, 0.4) is 0 Å². The molecule has 5 heteroatoms. The van der Waals surface area contributed by atoms with E-state index in [0.29, 0.717) is 11.3 Å². The van der Waals surface area contributed by atoms with Crippen LogP contribution in [0.5, 0.6) is 11.5 Å². The number of carbonyl (C=O) groups is 1. The minimum absolute atomic E-state index is 0.243. The van der Waals surface area contributed by atoms with E-state index in [-0.39, 0.29) is 11.6 Å². The Morgan fingerprint density at radius 2 is 1.74 bits per heavy atom. The van der Waals surface area contributed by atoms with Crippen LogP contribution in [0.25, 0.3) is 6.08 Å². The van der Waals surface area contributed by atoms with Crippen LogP contribution in [-0.4, -0.2) is 26.1 Å². The lowest BCUT2D eigenvalue weighted by molar-refractivity contribution is -0.129. The molecule has 0 radical (unpaired) electrons. The van der Waals surface area contributed by atoms with Crippen molar-refractivity contribution in [3.05, 3.63) is 65.4 Å². The van der Waals surface area contributed by atoms with Gasteiger partial charge in [0.1, 0.15) is 11.5 Å². The first kappa shape index (κ1) is 14.8. The van der Waals surface area contributed by atoms with E-state index in [1.165, 1.54) is 0 Å². The highest BCUT2D eigenvalue weighted by Gasteiger charge is 2.25. The highest BCUT2D eigenvalue weighted by molar-refractivity contribution is 6.13. The smallest absolute Gasteiger partial charge is 0.363 e. The second-order valence-electron chi connectivity index (χ2n) is 4.81. The summed E-state index contributed by atoms with van der Waals surface area (Å²) in [4.78, 5) is 16.3. The molecule has 0 unspecified atom stereocenters. The third kappa shape index (κ3) is 3.08. The molecule has 116 valence electrons. The molecule has 5 nitrogen and oxygen atoms in total. The Labute approximate surface area is 133 Å². The molecule has 0 fully saturated rings. The minimum Gasteiger partial charge on any atom is -0.497 e. The SMILES string of the molecule is COc1ccc(/C=C2\N=C(c3ccccc3OC)OC2=O)cc1. The van der Waals surface area contributed by atoms with E-state index >= 15 is 0 Å². The van der Waals surface area contributed by atoms with Gasteiger partial charge in [0.25, 0.3) is 0 Å². The van der Waals surface area contributed by atoms with E-state index in [2.05, 4.69) is 4.99 Å². The van der Waals surface area contributed by atoms with Crippen molar-refractivity contribution in [2.75, 3.05) is 14.2 Å². The third-order valence-electron chi connectivity index (χ3n) is 3.38. The molecule has 2 aromatic carbocycles. The molecule has 3 rings (SSSR count). The maximum Gasteiger partial charge on any atom is 0.363 e. The molecule has 0 atom stereocenters. The van der Waals surface area contributed by atoms with Crippen molar-refractivity contribution < 1.29 is 19.0 Å². The van der Waals surface area contributed by atoms with Gasteiger partial charge >= 0.3 is 5.97 Å². The van der Waals surface area contributed by atoms with Gasteiger partial charge in [0.15, 0.2) is 5.70 Å². The lowest BCUT2D eigenvalue weighted by Gasteiger charge is -2.05. The first-order chi connectivity index (χ1) is 11.2. The number of hydrogen-bond acceptors (Lipinski definition) is 5. The molecule has 0 aromatic heterocycles. The van der Waals surface area contributed by atoms with Gasteiger partial charge in [-0.1, -0.05) is 24.3 Å². The Kier molecular flexibility index (Phi) is 4.10. The van der Waals surface area contributed by atoms with Crippen molar-refractivity contribution in [1.29, 1.82) is 0 Å². The van der Waals surface area contributed by atoms with Crippen LogP contribution >= 0.6 is 0 Å². The van der Waals surface area contributed by atoms with E-state index in [4.69, 9.17) is 14.2 Å². The zero-order valence-electron chi connectivity index (χ0n) is 12.8. The molecule has 0 bridgehead atoms. The predicted octanol–water partition coefficient (Wildman–Crippen LogP) is 3.05. The van der Waals surface area contributed by atoms with E-state index in [1.54, 1.807) is 32.4 Å². The predicted molar refractivity (Wildman–Crippen MR) is 86.6 cm³/mol. The number of ether oxygens (including phenoxy) is 3. The molecule has 0 N–H and O–H groups in total. The van der Waals surface area contributed by atoms with Crippen molar-refractivity contribution >= 4 is 17.9 Å². The van der Waals surface area contributed by atoms with Gasteiger partial charge in [-0.25, -0.2) is 9.79 Å². The summed E-state index contributed by atoms with van der Waals surface area (Å²) in [5.41, 5.74) is 1.72. The Morgan fingerprint density at radius 3 is 2.43 bits per heavy atom. The second kappa shape index (κ2) is 6.36. The Morgan fingerprint density at radius 1 is 1.00 bits per heavy atom. The fourth-order valence-electron chi connectivity index (χ4n) is 2.20. The molecule has 0 aliphatic carbocycles. The number of esters is 1. The van der Waals surface area contributed by atoms with Gasteiger partial charge in [0.05, 0.1) is 19.8 Å². The second-order valence-corrected chi connectivity index (χ2v) is 4.81. The van der Waals surface area contributed by atoms with Gasteiger partial charge in [0, 0.05) is 0 Å². The van der Waals surface area contributed by atoms with Crippen LogP contribution in [0.2, 0.25) is 0 Å². The van der Waals surface area contributed by atoms with Crippen LogP contribution in [0.4, 0.5) is 0 Å². The third-order valence-corrected chi connectivity index (χ3v) is 3.38. The van der Waals surface area contributed by atoms with Crippen LogP contribution in [-0.2, 0) is 9.53 Å². The van der Waals surface area contributed by atoms with Crippen LogP contribution < -0.4 is 9.47 Å². The average molecular weight is 309 g/mol. The number of methoxy groups -OCH3 is 2. The first-order valence-electron chi connectivity index (χ1n) is 7.01. The number of carbonyl (C=O) groups excluding carboxylic acids is 1. The molecule has 1 aliphatic rings. The fraction of sp³-hybridized carbons (Fsp3) is 0.111. The lowest BCUT2D eigenvalue weighted by atomic mass is 10.2. The number of cyclic esters (lactones) is 1. The molecule has 1 aliphatic heterocycles. The summed E-state index contributed by atoms with van der Waals surface area (Å²) in [7, 11) is 3.16. The number of rotatable bonds is 4. The van der Waals surface area contributed by atoms with E-state index < -0.39 is 5.97 Å². The summed E-state index contributed by atoms with van der Waals surface area (Å²) in [5, 5.41) is 0. The van der Waals surface area contributed by atoms with E-state index in [1.807, 2.05) is 36.4 Å². The van der Waals surface area contributed by atoms with Gasteiger partial charge < -0.3 is 14.2 Å². The summed E-state index contributed by atoms with van der Waals surface area (Å²) < 4.78 is 15.6. The highest BCUT2D eigenvalue weighted by Crippen LogP contribution is 2.25. The Bertz CT molecular complexity index is 791. The number of benzene rings is 2. The van der Waals surface area contributed by atoms with Gasteiger partial charge in [-0.15, -0.1) is 0 Å². The topological polar surface area (TPSA) is 57.1 Å². The fourth-order valence-corrected chi connectivity index (χ4v) is 2.20. The number of nitrogens with zero attached hydrogens (tertiary/aromatic N) is 1. The first-order valence-corrected chi connectivity index (χ1v) is 7.01. The number of aliphatic imine (C=N–C) groups is 1. The maximum absolute atomic E-state index is 12.0. The quantitative estimate of drug-likeness (QED) is 0.643. The maximum atomic E-state index is 12.0. The van der Waals surface area contributed by atoms with Crippen molar-refractivity contribution in [3.8, 4) is 11.5 Å². The Hall–Kier alpha value is -3.08. The molecule has 0 saturated heterocycles. The standard InChI is InChI=1S/C18H15NO4/c1-21-13-9-7-12(8-10-13)11-15-18(20)23-17(19-15)14-5-3-4-6-16(14)22-2/h3-11H,1-2H3/b15-11-.